The van der Waals surface area contributed by atoms with Crippen LogP contribution < -0.4 is 9.80 Å². The lowest BCUT2D eigenvalue weighted by molar-refractivity contribution is 0.382. The molecule has 2 aliphatic heterocycles. The van der Waals surface area contributed by atoms with E-state index >= 15 is 0 Å². The smallest absolute Gasteiger partial charge is 0.243 e. The molecule has 0 spiro atoms. The second-order valence-corrected chi connectivity index (χ2v) is 10.4. The highest BCUT2D eigenvalue weighted by atomic mass is 32.2. The van der Waals surface area contributed by atoms with Crippen LogP contribution in [0.5, 0.6) is 0 Å². The first-order valence-corrected chi connectivity index (χ1v) is 12.7. The van der Waals surface area contributed by atoms with Crippen molar-refractivity contribution in [3.05, 3.63) is 35.8 Å². The summed E-state index contributed by atoms with van der Waals surface area (Å²) >= 11 is 0. The molecule has 1 N–H and O–H groups in total. The Morgan fingerprint density at radius 1 is 0.941 bits per heavy atom. The number of tetrazole rings is 1. The van der Waals surface area contributed by atoms with E-state index in [1.807, 2.05) is 17.9 Å². The quantitative estimate of drug-likeness (QED) is 0.571. The van der Waals surface area contributed by atoms with Gasteiger partial charge in [-0.15, -0.1) is 10.2 Å². The molecule has 2 fully saturated rings. The van der Waals surface area contributed by atoms with Crippen molar-refractivity contribution < 1.29 is 12.8 Å². The lowest BCUT2D eigenvalue weighted by Gasteiger charge is -2.35. The van der Waals surface area contributed by atoms with Gasteiger partial charge in [-0.3, -0.25) is 0 Å². The number of piperidine rings is 1. The van der Waals surface area contributed by atoms with Crippen molar-refractivity contribution in [2.24, 2.45) is 0 Å². The first-order chi connectivity index (χ1) is 16.4. The highest BCUT2D eigenvalue weighted by molar-refractivity contribution is 7.89. The van der Waals surface area contributed by atoms with Crippen LogP contribution in [0.2, 0.25) is 0 Å². The van der Waals surface area contributed by atoms with Crippen LogP contribution in [0.3, 0.4) is 0 Å². The Balaban J connectivity index is 1.32. The van der Waals surface area contributed by atoms with Gasteiger partial charge in [0.2, 0.25) is 21.8 Å². The van der Waals surface area contributed by atoms with Crippen molar-refractivity contribution in [3.63, 3.8) is 0 Å². The van der Waals surface area contributed by atoms with Crippen molar-refractivity contribution in [1.82, 2.24) is 34.9 Å². The number of benzene rings is 1. The number of sulfonamides is 1. The molecule has 0 radical (unpaired) electrons. The molecule has 4 heterocycles. The van der Waals surface area contributed by atoms with E-state index in [-0.39, 0.29) is 29.4 Å². The van der Waals surface area contributed by atoms with Gasteiger partial charge < -0.3 is 9.80 Å². The zero-order valence-electron chi connectivity index (χ0n) is 18.9. The van der Waals surface area contributed by atoms with Gasteiger partial charge in [0.1, 0.15) is 11.6 Å². The molecule has 2 saturated heterocycles. The Hall–Kier alpha value is -3.19. The van der Waals surface area contributed by atoms with Crippen LogP contribution in [-0.4, -0.2) is 82.6 Å². The molecule has 1 aromatic carbocycles. The fourth-order valence-electron chi connectivity index (χ4n) is 4.35. The maximum atomic E-state index is 14.2. The third kappa shape index (κ3) is 4.44. The minimum absolute atomic E-state index is 0.000440. The van der Waals surface area contributed by atoms with Gasteiger partial charge in [0.25, 0.3) is 0 Å². The Labute approximate surface area is 197 Å². The molecule has 0 aliphatic carbocycles. The Kier molecular flexibility index (Phi) is 6.13. The summed E-state index contributed by atoms with van der Waals surface area (Å²) in [6, 6.07) is 5.62. The number of nitrogens with zero attached hydrogens (tertiary/aromatic N) is 8. The van der Waals surface area contributed by atoms with Gasteiger partial charge in [0.05, 0.1) is 10.5 Å². The van der Waals surface area contributed by atoms with Crippen LogP contribution in [0.1, 0.15) is 25.0 Å². The van der Waals surface area contributed by atoms with Crippen molar-refractivity contribution in [1.29, 1.82) is 0 Å². The van der Waals surface area contributed by atoms with Gasteiger partial charge in [0.15, 0.2) is 0 Å². The van der Waals surface area contributed by atoms with E-state index in [0.29, 0.717) is 19.0 Å². The van der Waals surface area contributed by atoms with Gasteiger partial charge in [-0.25, -0.2) is 17.8 Å². The molecule has 0 unspecified atom stereocenters. The molecular formula is C21H26FN9O2S. The van der Waals surface area contributed by atoms with Gasteiger partial charge in [-0.2, -0.15) is 14.5 Å². The summed E-state index contributed by atoms with van der Waals surface area (Å²) < 4.78 is 42.2. The summed E-state index contributed by atoms with van der Waals surface area (Å²) in [5.41, 5.74) is 0.868. The Morgan fingerprint density at radius 3 is 2.41 bits per heavy atom. The minimum Gasteiger partial charge on any atom is -0.356 e. The van der Waals surface area contributed by atoms with Crippen molar-refractivity contribution in [2.75, 3.05) is 49.1 Å². The van der Waals surface area contributed by atoms with E-state index in [4.69, 9.17) is 4.98 Å². The number of halogens is 1. The molecule has 3 aromatic rings. The number of hydrogen-bond acceptors (Lipinski definition) is 9. The first kappa shape index (κ1) is 22.6. The number of aryl methyl sites for hydroxylation is 1. The fourth-order valence-corrected chi connectivity index (χ4v) is 5.80. The average molecular weight is 488 g/mol. The molecule has 13 heteroatoms. The van der Waals surface area contributed by atoms with Crippen molar-refractivity contribution in [3.8, 4) is 11.4 Å². The lowest BCUT2D eigenvalue weighted by atomic mass is 10.1. The number of hydrogen-bond donors (Lipinski definition) is 1. The minimum atomic E-state index is -3.83. The van der Waals surface area contributed by atoms with Gasteiger partial charge in [-0.05, 0) is 49.6 Å². The van der Waals surface area contributed by atoms with Crippen molar-refractivity contribution in [2.45, 2.75) is 31.1 Å². The molecule has 0 saturated carbocycles. The Bertz CT molecular complexity index is 1260. The third-order valence-electron chi connectivity index (χ3n) is 6.19. The van der Waals surface area contributed by atoms with Crippen LogP contribution in [0, 0.1) is 12.7 Å². The molecule has 34 heavy (non-hydrogen) atoms. The van der Waals surface area contributed by atoms with E-state index in [1.54, 1.807) is 0 Å². The van der Waals surface area contributed by atoms with Gasteiger partial charge >= 0.3 is 0 Å². The normalized spacial score (nSPS) is 17.8. The number of piperazine rings is 1. The summed E-state index contributed by atoms with van der Waals surface area (Å²) in [6.45, 7) is 5.40. The number of nitrogens with one attached hydrogen (secondary N) is 1. The topological polar surface area (TPSA) is 124 Å². The standard InChI is InChI=1S/C21H26FN9O2S/c1-15-13-19(29-7-3-2-4-8-29)24-21(23-15)30-9-11-31(12-10-30)34(32,33)16-5-6-18(22)17(14-16)20-25-27-28-26-20/h5-6,13-14H,2-4,7-12H2,1H3,(H,25,26,27,28). The monoisotopic (exact) mass is 487 g/mol. The highest BCUT2D eigenvalue weighted by Gasteiger charge is 2.30. The molecule has 2 aliphatic rings. The van der Waals surface area contributed by atoms with Gasteiger partial charge in [-0.1, -0.05) is 0 Å². The highest BCUT2D eigenvalue weighted by Crippen LogP contribution is 2.26. The van der Waals surface area contributed by atoms with E-state index < -0.39 is 15.8 Å². The predicted molar refractivity (Wildman–Crippen MR) is 123 cm³/mol. The summed E-state index contributed by atoms with van der Waals surface area (Å²) in [4.78, 5) is 13.7. The predicted octanol–water partition coefficient (Wildman–Crippen LogP) is 1.61. The summed E-state index contributed by atoms with van der Waals surface area (Å²) in [5, 5.41) is 13.2. The fraction of sp³-hybridized carbons (Fsp3) is 0.476. The van der Waals surface area contributed by atoms with Crippen LogP contribution in [0.15, 0.2) is 29.2 Å². The SMILES string of the molecule is Cc1cc(N2CCCCC2)nc(N2CCN(S(=O)(=O)c3ccc(F)c(-c4nn[nH]n4)c3)CC2)n1. The summed E-state index contributed by atoms with van der Waals surface area (Å²) in [5.74, 6) is 0.933. The zero-order chi connectivity index (χ0) is 23.7. The maximum Gasteiger partial charge on any atom is 0.243 e. The molecule has 11 nitrogen and oxygen atoms in total. The van der Waals surface area contributed by atoms with Crippen LogP contribution in [-0.2, 0) is 10.0 Å². The number of rotatable bonds is 5. The van der Waals surface area contributed by atoms with Gasteiger partial charge in [0, 0.05) is 51.0 Å². The van der Waals surface area contributed by atoms with E-state index in [0.717, 1.165) is 43.5 Å². The second kappa shape index (κ2) is 9.22. The molecule has 2 aromatic heterocycles. The molecule has 5 rings (SSSR count). The summed E-state index contributed by atoms with van der Waals surface area (Å²) in [7, 11) is -3.83. The average Bonchev–Trinajstić information content (AvgIpc) is 3.39. The number of aromatic amines is 1. The number of anilines is 2. The molecule has 0 bridgehead atoms. The van der Waals surface area contributed by atoms with E-state index in [9.17, 15) is 12.8 Å². The van der Waals surface area contributed by atoms with Crippen LogP contribution in [0.25, 0.3) is 11.4 Å². The molecular weight excluding hydrogens is 461 g/mol. The van der Waals surface area contributed by atoms with E-state index in [1.165, 1.54) is 22.9 Å². The molecule has 180 valence electrons. The van der Waals surface area contributed by atoms with Crippen LogP contribution in [0.4, 0.5) is 16.2 Å². The lowest BCUT2D eigenvalue weighted by Crippen LogP contribution is -2.49. The Morgan fingerprint density at radius 2 is 1.71 bits per heavy atom. The largest absolute Gasteiger partial charge is 0.356 e. The summed E-state index contributed by atoms with van der Waals surface area (Å²) in [6.07, 6.45) is 3.56. The van der Waals surface area contributed by atoms with Crippen molar-refractivity contribution >= 4 is 21.8 Å². The van der Waals surface area contributed by atoms with Crippen LogP contribution >= 0.6 is 0 Å². The second-order valence-electron chi connectivity index (χ2n) is 8.48. The number of aromatic nitrogens is 6. The molecule has 0 atom stereocenters. The van der Waals surface area contributed by atoms with E-state index in [2.05, 4.69) is 30.5 Å². The first-order valence-electron chi connectivity index (χ1n) is 11.3. The third-order valence-corrected chi connectivity index (χ3v) is 8.09. The maximum absolute atomic E-state index is 14.2. The molecule has 0 amide bonds. The number of H-pyrrole nitrogens is 1. The zero-order valence-corrected chi connectivity index (χ0v) is 19.7.